The number of fused-ring (bicyclic) bond motifs is 1. The third-order valence-electron chi connectivity index (χ3n) is 3.97. The second-order valence-corrected chi connectivity index (χ2v) is 5.92. The number of esters is 1. The van der Waals surface area contributed by atoms with Crippen LogP contribution in [0.3, 0.4) is 0 Å². The second kappa shape index (κ2) is 6.53. The summed E-state index contributed by atoms with van der Waals surface area (Å²) in [4.78, 5) is 12.1. The van der Waals surface area contributed by atoms with Gasteiger partial charge < -0.3 is 4.74 Å². The number of rotatable bonds is 4. The van der Waals surface area contributed by atoms with Crippen LogP contribution in [-0.2, 0) is 24.1 Å². The Balaban J connectivity index is 1.93. The van der Waals surface area contributed by atoms with Gasteiger partial charge in [0.15, 0.2) is 5.69 Å². The first kappa shape index (κ1) is 15.1. The third kappa shape index (κ3) is 3.02. The average Bonchev–Trinajstić information content (AvgIpc) is 2.89. The van der Waals surface area contributed by atoms with Gasteiger partial charge in [-0.05, 0) is 50.3 Å². The molecule has 0 spiro atoms. The van der Waals surface area contributed by atoms with E-state index in [1.165, 1.54) is 5.69 Å². The molecule has 0 aliphatic heterocycles. The molecule has 0 saturated heterocycles. The van der Waals surface area contributed by atoms with Gasteiger partial charge in [-0.25, -0.2) is 4.79 Å². The molecule has 22 heavy (non-hydrogen) atoms. The van der Waals surface area contributed by atoms with Crippen molar-refractivity contribution in [3.05, 3.63) is 51.8 Å². The highest BCUT2D eigenvalue weighted by molar-refractivity contribution is 6.30. The monoisotopic (exact) mass is 318 g/mol. The van der Waals surface area contributed by atoms with Gasteiger partial charge in [0.2, 0.25) is 0 Å². The van der Waals surface area contributed by atoms with Gasteiger partial charge in [-0.1, -0.05) is 23.7 Å². The zero-order valence-electron chi connectivity index (χ0n) is 12.6. The molecular formula is C17H19ClN2O2. The Hall–Kier alpha value is -1.81. The summed E-state index contributed by atoms with van der Waals surface area (Å²) in [6.07, 6.45) is 4.12. The molecule has 1 aromatic carbocycles. The van der Waals surface area contributed by atoms with Gasteiger partial charge in [-0.2, -0.15) is 5.10 Å². The Morgan fingerprint density at radius 3 is 2.73 bits per heavy atom. The number of carbonyl (C=O) groups excluding carboxylic acids is 1. The number of nitrogens with zero attached hydrogens (tertiary/aromatic N) is 2. The summed E-state index contributed by atoms with van der Waals surface area (Å²) in [5, 5.41) is 5.26. The Morgan fingerprint density at radius 1 is 1.27 bits per heavy atom. The summed E-state index contributed by atoms with van der Waals surface area (Å²) in [5.41, 5.74) is 3.85. The highest BCUT2D eigenvalue weighted by Gasteiger charge is 2.25. The lowest BCUT2D eigenvalue weighted by Crippen LogP contribution is -2.10. The number of ether oxygens (including phenoxy) is 1. The van der Waals surface area contributed by atoms with Gasteiger partial charge in [0.25, 0.3) is 0 Å². The quantitative estimate of drug-likeness (QED) is 0.808. The normalized spacial score (nSPS) is 13.7. The van der Waals surface area contributed by atoms with Crippen LogP contribution >= 0.6 is 11.6 Å². The molecule has 0 unspecified atom stereocenters. The van der Waals surface area contributed by atoms with Crippen molar-refractivity contribution in [3.63, 3.8) is 0 Å². The summed E-state index contributed by atoms with van der Waals surface area (Å²) < 4.78 is 7.09. The Bertz CT molecular complexity index is 677. The molecule has 1 aliphatic rings. The lowest BCUT2D eigenvalue weighted by molar-refractivity contribution is 0.0517. The number of hydrogen-bond donors (Lipinski definition) is 0. The van der Waals surface area contributed by atoms with Crippen molar-refractivity contribution in [1.29, 1.82) is 0 Å². The fraction of sp³-hybridized carbons (Fsp3) is 0.412. The first-order valence-corrected chi connectivity index (χ1v) is 8.07. The molecule has 0 amide bonds. The van der Waals surface area contributed by atoms with Gasteiger partial charge >= 0.3 is 5.97 Å². The van der Waals surface area contributed by atoms with E-state index in [1.807, 2.05) is 35.9 Å². The van der Waals surface area contributed by atoms with E-state index in [1.54, 1.807) is 0 Å². The van der Waals surface area contributed by atoms with Crippen LogP contribution < -0.4 is 0 Å². The van der Waals surface area contributed by atoms with Crippen LogP contribution in [0.2, 0.25) is 5.02 Å². The van der Waals surface area contributed by atoms with Crippen LogP contribution in [-0.4, -0.2) is 22.4 Å². The molecule has 1 aromatic heterocycles. The number of benzene rings is 1. The molecule has 2 aromatic rings. The maximum absolute atomic E-state index is 12.1. The summed E-state index contributed by atoms with van der Waals surface area (Å²) in [6.45, 7) is 2.84. The van der Waals surface area contributed by atoms with E-state index in [4.69, 9.17) is 16.3 Å². The third-order valence-corrected chi connectivity index (χ3v) is 4.22. The topological polar surface area (TPSA) is 44.1 Å². The molecule has 0 fully saturated rings. The molecule has 3 rings (SSSR count). The van der Waals surface area contributed by atoms with Crippen LogP contribution in [0.5, 0.6) is 0 Å². The average molecular weight is 319 g/mol. The Morgan fingerprint density at radius 2 is 2.00 bits per heavy atom. The first-order valence-electron chi connectivity index (χ1n) is 7.69. The van der Waals surface area contributed by atoms with Crippen LogP contribution in [0.4, 0.5) is 0 Å². The van der Waals surface area contributed by atoms with E-state index in [0.29, 0.717) is 18.8 Å². The standard InChI is InChI=1S/C17H19ClN2O2/c1-2-22-17(21)16-14-5-3-4-6-15(14)20(19-16)11-12-7-9-13(18)10-8-12/h7-10H,2-6,11H2,1H3. The van der Waals surface area contributed by atoms with Gasteiger partial charge in [-0.3, -0.25) is 4.68 Å². The fourth-order valence-corrected chi connectivity index (χ4v) is 3.05. The minimum Gasteiger partial charge on any atom is -0.461 e. The largest absolute Gasteiger partial charge is 0.461 e. The molecule has 4 nitrogen and oxygen atoms in total. The van der Waals surface area contributed by atoms with Crippen molar-refractivity contribution in [2.45, 2.75) is 39.2 Å². The summed E-state index contributed by atoms with van der Waals surface area (Å²) in [5.74, 6) is -0.310. The molecule has 1 aliphatic carbocycles. The molecule has 116 valence electrons. The summed E-state index contributed by atoms with van der Waals surface area (Å²) >= 11 is 5.93. The maximum atomic E-state index is 12.1. The van der Waals surface area contributed by atoms with E-state index in [2.05, 4.69) is 5.10 Å². The zero-order valence-corrected chi connectivity index (χ0v) is 13.4. The second-order valence-electron chi connectivity index (χ2n) is 5.49. The fourth-order valence-electron chi connectivity index (χ4n) is 2.93. The first-order chi connectivity index (χ1) is 10.7. The van der Waals surface area contributed by atoms with Gasteiger partial charge in [-0.15, -0.1) is 0 Å². The predicted molar refractivity (Wildman–Crippen MR) is 85.4 cm³/mol. The maximum Gasteiger partial charge on any atom is 0.359 e. The molecular weight excluding hydrogens is 300 g/mol. The number of carbonyl (C=O) groups is 1. The smallest absolute Gasteiger partial charge is 0.359 e. The molecule has 1 heterocycles. The minimum atomic E-state index is -0.310. The van der Waals surface area contributed by atoms with E-state index < -0.39 is 0 Å². The van der Waals surface area contributed by atoms with Crippen molar-refractivity contribution in [2.24, 2.45) is 0 Å². The Labute approximate surface area is 135 Å². The highest BCUT2D eigenvalue weighted by Crippen LogP contribution is 2.26. The van der Waals surface area contributed by atoms with Crippen molar-refractivity contribution in [3.8, 4) is 0 Å². The molecule has 0 atom stereocenters. The van der Waals surface area contributed by atoms with Crippen molar-refractivity contribution in [2.75, 3.05) is 6.61 Å². The zero-order chi connectivity index (χ0) is 15.5. The predicted octanol–water partition coefficient (Wildman–Crippen LogP) is 3.64. The van der Waals surface area contributed by atoms with Crippen LogP contribution in [0.25, 0.3) is 0 Å². The lowest BCUT2D eigenvalue weighted by Gasteiger charge is -2.14. The van der Waals surface area contributed by atoms with Crippen LogP contribution in [0, 0.1) is 0 Å². The van der Waals surface area contributed by atoms with Crippen molar-refractivity contribution in [1.82, 2.24) is 9.78 Å². The van der Waals surface area contributed by atoms with Gasteiger partial charge in [0, 0.05) is 16.3 Å². The van der Waals surface area contributed by atoms with E-state index >= 15 is 0 Å². The summed E-state index contributed by atoms with van der Waals surface area (Å²) in [6, 6.07) is 7.73. The lowest BCUT2D eigenvalue weighted by atomic mass is 9.95. The Kier molecular flexibility index (Phi) is 4.48. The van der Waals surface area contributed by atoms with Crippen LogP contribution in [0.15, 0.2) is 24.3 Å². The number of hydrogen-bond acceptors (Lipinski definition) is 3. The van der Waals surface area contributed by atoms with Crippen LogP contribution in [0.1, 0.15) is 47.1 Å². The molecule has 0 N–H and O–H groups in total. The number of halogens is 1. The van der Waals surface area contributed by atoms with Crippen molar-refractivity contribution < 1.29 is 9.53 Å². The SMILES string of the molecule is CCOC(=O)c1nn(Cc2ccc(Cl)cc2)c2c1CCCC2. The molecule has 5 heteroatoms. The molecule has 0 bridgehead atoms. The number of aromatic nitrogens is 2. The molecule has 0 saturated carbocycles. The highest BCUT2D eigenvalue weighted by atomic mass is 35.5. The van der Waals surface area contributed by atoms with Gasteiger partial charge in [0.1, 0.15) is 0 Å². The van der Waals surface area contributed by atoms with E-state index in [-0.39, 0.29) is 5.97 Å². The molecule has 0 radical (unpaired) electrons. The van der Waals surface area contributed by atoms with Crippen molar-refractivity contribution >= 4 is 17.6 Å². The summed E-state index contributed by atoms with van der Waals surface area (Å²) in [7, 11) is 0. The minimum absolute atomic E-state index is 0.310. The van der Waals surface area contributed by atoms with E-state index in [0.717, 1.165) is 41.8 Å². The van der Waals surface area contributed by atoms with E-state index in [9.17, 15) is 4.79 Å². The van der Waals surface area contributed by atoms with Gasteiger partial charge in [0.05, 0.1) is 13.2 Å².